The van der Waals surface area contributed by atoms with Crippen LogP contribution in [0.15, 0.2) is 36.4 Å². The minimum absolute atomic E-state index is 0.442. The summed E-state index contributed by atoms with van der Waals surface area (Å²) >= 11 is 0. The topological polar surface area (TPSA) is 35.2 Å². The molecule has 0 aliphatic carbocycles. The van der Waals surface area contributed by atoms with Crippen LogP contribution in [0.3, 0.4) is 0 Å². The van der Waals surface area contributed by atoms with Crippen molar-refractivity contribution in [1.29, 1.82) is 0 Å². The summed E-state index contributed by atoms with van der Waals surface area (Å²) in [4.78, 5) is 0. The van der Waals surface area contributed by atoms with Gasteiger partial charge in [0.15, 0.2) is 0 Å². The predicted octanol–water partition coefficient (Wildman–Crippen LogP) is 3.11. The lowest BCUT2D eigenvalue weighted by Crippen LogP contribution is -2.18. The van der Waals surface area contributed by atoms with E-state index in [9.17, 15) is 8.78 Å². The number of fused-ring (bicyclic) bond motifs is 1. The predicted molar refractivity (Wildman–Crippen MR) is 63.4 cm³/mol. The monoisotopic (exact) mass is 237 g/mol. The summed E-state index contributed by atoms with van der Waals surface area (Å²) in [5.74, 6) is 0.739. The van der Waals surface area contributed by atoms with E-state index in [1.54, 1.807) is 31.4 Å². The lowest BCUT2D eigenvalue weighted by Gasteiger charge is -2.11. The number of halogens is 2. The van der Waals surface area contributed by atoms with Crippen LogP contribution in [0.1, 0.15) is 11.6 Å². The van der Waals surface area contributed by atoms with Gasteiger partial charge in [0.25, 0.3) is 6.43 Å². The number of rotatable bonds is 3. The molecule has 2 aromatic rings. The van der Waals surface area contributed by atoms with E-state index >= 15 is 0 Å². The van der Waals surface area contributed by atoms with Crippen LogP contribution < -0.4 is 10.5 Å². The number of ether oxygens (including phenoxy) is 1. The van der Waals surface area contributed by atoms with Crippen LogP contribution >= 0.6 is 0 Å². The molecular weight excluding hydrogens is 224 g/mol. The molecular formula is C13H13F2NO. The van der Waals surface area contributed by atoms with Gasteiger partial charge in [-0.05, 0) is 34.5 Å². The Labute approximate surface area is 98.0 Å². The second-order valence-electron chi connectivity index (χ2n) is 3.83. The van der Waals surface area contributed by atoms with Gasteiger partial charge in [-0.3, -0.25) is 0 Å². The van der Waals surface area contributed by atoms with Gasteiger partial charge in [-0.1, -0.05) is 18.2 Å². The Kier molecular flexibility index (Phi) is 3.24. The molecule has 0 unspecified atom stereocenters. The zero-order valence-electron chi connectivity index (χ0n) is 9.36. The fraction of sp³-hybridized carbons (Fsp3) is 0.231. The van der Waals surface area contributed by atoms with E-state index in [1.165, 1.54) is 0 Å². The maximum atomic E-state index is 12.5. The molecule has 2 nitrogen and oxygen atoms in total. The Balaban J connectivity index is 2.44. The lowest BCUT2D eigenvalue weighted by atomic mass is 10.0. The maximum Gasteiger partial charge on any atom is 0.257 e. The Morgan fingerprint density at radius 2 is 1.71 bits per heavy atom. The summed E-state index contributed by atoms with van der Waals surface area (Å²) in [6, 6.07) is 9.32. The van der Waals surface area contributed by atoms with Gasteiger partial charge < -0.3 is 10.5 Å². The molecule has 90 valence electrons. The van der Waals surface area contributed by atoms with Crippen LogP contribution in [0.25, 0.3) is 10.8 Å². The minimum Gasteiger partial charge on any atom is -0.497 e. The molecule has 0 radical (unpaired) electrons. The van der Waals surface area contributed by atoms with E-state index in [2.05, 4.69) is 0 Å². The molecule has 2 rings (SSSR count). The summed E-state index contributed by atoms with van der Waals surface area (Å²) in [6.07, 6.45) is -2.55. The van der Waals surface area contributed by atoms with Crippen LogP contribution in [0.2, 0.25) is 0 Å². The van der Waals surface area contributed by atoms with Crippen molar-refractivity contribution < 1.29 is 13.5 Å². The van der Waals surface area contributed by atoms with Crippen LogP contribution in [0.5, 0.6) is 5.75 Å². The molecule has 2 N–H and O–H groups in total. The van der Waals surface area contributed by atoms with Crippen molar-refractivity contribution in [3.8, 4) is 5.75 Å². The second-order valence-corrected chi connectivity index (χ2v) is 3.83. The molecule has 0 fully saturated rings. The molecule has 0 aliphatic rings. The first-order valence-corrected chi connectivity index (χ1v) is 5.23. The molecule has 0 amide bonds. The average Bonchev–Trinajstić information content (AvgIpc) is 2.36. The molecule has 2 aromatic carbocycles. The highest BCUT2D eigenvalue weighted by Crippen LogP contribution is 2.25. The van der Waals surface area contributed by atoms with Crippen LogP contribution in [-0.4, -0.2) is 13.5 Å². The summed E-state index contributed by atoms with van der Waals surface area (Å²) in [5, 5.41) is 1.81. The quantitative estimate of drug-likeness (QED) is 0.890. The maximum absolute atomic E-state index is 12.5. The van der Waals surface area contributed by atoms with Gasteiger partial charge in [0.2, 0.25) is 0 Å². The first-order chi connectivity index (χ1) is 8.11. The molecule has 0 heterocycles. The van der Waals surface area contributed by atoms with Gasteiger partial charge in [-0.25, -0.2) is 8.78 Å². The molecule has 17 heavy (non-hydrogen) atoms. The van der Waals surface area contributed by atoms with Crippen molar-refractivity contribution in [1.82, 2.24) is 0 Å². The van der Waals surface area contributed by atoms with Gasteiger partial charge in [0, 0.05) is 0 Å². The first-order valence-electron chi connectivity index (χ1n) is 5.23. The fourth-order valence-electron chi connectivity index (χ4n) is 1.72. The third-order valence-electron chi connectivity index (χ3n) is 2.73. The fourth-order valence-corrected chi connectivity index (χ4v) is 1.72. The number of benzene rings is 2. The van der Waals surface area contributed by atoms with Crippen molar-refractivity contribution in [3.05, 3.63) is 42.0 Å². The highest BCUT2D eigenvalue weighted by Gasteiger charge is 2.17. The summed E-state index contributed by atoms with van der Waals surface area (Å²) in [6.45, 7) is 0. The number of methoxy groups -OCH3 is 1. The van der Waals surface area contributed by atoms with Crippen molar-refractivity contribution in [3.63, 3.8) is 0 Å². The van der Waals surface area contributed by atoms with Gasteiger partial charge in [-0.2, -0.15) is 0 Å². The standard InChI is InChI=1S/C13H13F2NO/c1-17-11-5-4-8-6-10(12(16)13(14)15)3-2-9(8)7-11/h2-7,12-13H,16H2,1H3/t12-/m0/s1. The third-order valence-corrected chi connectivity index (χ3v) is 2.73. The van der Waals surface area contributed by atoms with E-state index < -0.39 is 12.5 Å². The van der Waals surface area contributed by atoms with Gasteiger partial charge in [0.05, 0.1) is 13.2 Å². The SMILES string of the molecule is COc1ccc2cc([C@H](N)C(F)F)ccc2c1. The van der Waals surface area contributed by atoms with Gasteiger partial charge in [-0.15, -0.1) is 0 Å². The van der Waals surface area contributed by atoms with Crippen LogP contribution in [0, 0.1) is 0 Å². The molecule has 0 saturated carbocycles. The normalized spacial score (nSPS) is 13.0. The molecule has 0 bridgehead atoms. The van der Waals surface area contributed by atoms with Crippen molar-refractivity contribution in [2.45, 2.75) is 12.5 Å². The second kappa shape index (κ2) is 4.67. The molecule has 0 aliphatic heterocycles. The zero-order chi connectivity index (χ0) is 12.4. The van der Waals surface area contributed by atoms with E-state index in [1.807, 2.05) is 12.1 Å². The molecule has 0 spiro atoms. The minimum atomic E-state index is -2.55. The smallest absolute Gasteiger partial charge is 0.257 e. The first kappa shape index (κ1) is 11.8. The van der Waals surface area contributed by atoms with Crippen LogP contribution in [0.4, 0.5) is 8.78 Å². The largest absolute Gasteiger partial charge is 0.497 e. The number of hydrogen-bond donors (Lipinski definition) is 1. The highest BCUT2D eigenvalue weighted by atomic mass is 19.3. The molecule has 4 heteroatoms. The lowest BCUT2D eigenvalue weighted by molar-refractivity contribution is 0.116. The third kappa shape index (κ3) is 2.36. The average molecular weight is 237 g/mol. The van der Waals surface area contributed by atoms with Crippen molar-refractivity contribution >= 4 is 10.8 Å². The van der Waals surface area contributed by atoms with Gasteiger partial charge in [0.1, 0.15) is 5.75 Å². The van der Waals surface area contributed by atoms with Crippen molar-refractivity contribution in [2.24, 2.45) is 5.73 Å². The summed E-state index contributed by atoms with van der Waals surface area (Å²) in [7, 11) is 1.59. The number of hydrogen-bond acceptors (Lipinski definition) is 2. The molecule has 1 atom stereocenters. The Hall–Kier alpha value is -1.68. The van der Waals surface area contributed by atoms with Crippen molar-refractivity contribution in [2.75, 3.05) is 7.11 Å². The van der Waals surface area contributed by atoms with E-state index in [0.29, 0.717) is 5.56 Å². The zero-order valence-corrected chi connectivity index (χ0v) is 9.36. The van der Waals surface area contributed by atoms with E-state index in [0.717, 1.165) is 16.5 Å². The van der Waals surface area contributed by atoms with Gasteiger partial charge >= 0.3 is 0 Å². The summed E-state index contributed by atoms with van der Waals surface area (Å²) < 4.78 is 30.1. The Morgan fingerprint density at radius 3 is 2.35 bits per heavy atom. The Bertz CT molecular complexity index is 528. The number of alkyl halides is 2. The van der Waals surface area contributed by atoms with Crippen LogP contribution in [-0.2, 0) is 0 Å². The Morgan fingerprint density at radius 1 is 1.06 bits per heavy atom. The summed E-state index contributed by atoms with van der Waals surface area (Å²) in [5.41, 5.74) is 5.85. The number of nitrogens with two attached hydrogens (primary N) is 1. The van der Waals surface area contributed by atoms with E-state index in [-0.39, 0.29) is 0 Å². The highest BCUT2D eigenvalue weighted by molar-refractivity contribution is 5.84. The van der Waals surface area contributed by atoms with E-state index in [4.69, 9.17) is 10.5 Å². The molecule has 0 saturated heterocycles. The molecule has 0 aromatic heterocycles.